The maximum absolute atomic E-state index is 11.0. The van der Waals surface area contributed by atoms with Gasteiger partial charge in [0.1, 0.15) is 5.17 Å². The van der Waals surface area contributed by atoms with E-state index < -0.39 is 6.09 Å². The molecule has 1 N–H and O–H groups in total. The van der Waals surface area contributed by atoms with Crippen LogP contribution in [0.1, 0.15) is 6.92 Å². The molecular weight excluding hydrogens is 204 g/mol. The number of anilines is 1. The Morgan fingerprint density at radius 2 is 2.07 bits per heavy atom. The average Bonchev–Trinajstić information content (AvgIpc) is 2.16. The molecule has 0 bridgehead atoms. The molecule has 0 saturated heterocycles. The van der Waals surface area contributed by atoms with E-state index in [0.29, 0.717) is 5.69 Å². The van der Waals surface area contributed by atoms with Crippen LogP contribution in [0.2, 0.25) is 0 Å². The highest BCUT2D eigenvalue weighted by Gasteiger charge is 2.01. The van der Waals surface area contributed by atoms with Crippen LogP contribution < -0.4 is 5.32 Å². The number of carbonyl (C=O) groups excluding carboxylic acids is 1. The minimum absolute atomic E-state index is 0.160. The number of nitrogens with one attached hydrogen (secondary N) is 1. The maximum Gasteiger partial charge on any atom is 0.437 e. The number of hydrogen-bond acceptors (Lipinski definition) is 3. The average molecular weight is 213 g/mol. The summed E-state index contributed by atoms with van der Waals surface area (Å²) < 4.78 is 0. The van der Waals surface area contributed by atoms with Crippen LogP contribution in [0.3, 0.4) is 0 Å². The first-order chi connectivity index (χ1) is 6.68. The van der Waals surface area contributed by atoms with Crippen LogP contribution in [-0.4, -0.2) is 11.3 Å². The predicted molar refractivity (Wildman–Crippen MR) is 55.5 cm³/mol. The van der Waals surface area contributed by atoms with E-state index in [0.717, 1.165) is 0 Å². The lowest BCUT2D eigenvalue weighted by atomic mass is 10.3. The fraction of sp³-hybridized carbons (Fsp3) is 0.111. The minimum atomic E-state index is -0.670. The minimum Gasteiger partial charge on any atom is -0.297 e. The van der Waals surface area contributed by atoms with Gasteiger partial charge >= 0.3 is 6.09 Å². The zero-order chi connectivity index (χ0) is 10.4. The third-order valence-electron chi connectivity index (χ3n) is 1.27. The van der Waals surface area contributed by atoms with Crippen molar-refractivity contribution in [3.8, 4) is 0 Å². The van der Waals surface area contributed by atoms with Crippen molar-refractivity contribution in [1.29, 1.82) is 0 Å². The van der Waals surface area contributed by atoms with Crippen molar-refractivity contribution in [1.82, 2.24) is 0 Å². The van der Waals surface area contributed by atoms with Gasteiger partial charge in [-0.3, -0.25) is 10.2 Å². The van der Waals surface area contributed by atoms with Crippen molar-refractivity contribution >= 4 is 28.6 Å². The number of nitrogens with zero attached hydrogens (tertiary/aromatic N) is 1. The molecular formula is C9H9ClN2O2. The summed E-state index contributed by atoms with van der Waals surface area (Å²) in [7, 11) is 0. The summed E-state index contributed by atoms with van der Waals surface area (Å²) in [5.74, 6) is 0. The molecule has 0 aromatic heterocycles. The van der Waals surface area contributed by atoms with Gasteiger partial charge in [0.2, 0.25) is 0 Å². The van der Waals surface area contributed by atoms with Crippen molar-refractivity contribution in [3.05, 3.63) is 30.3 Å². The number of rotatable bonds is 2. The molecule has 14 heavy (non-hydrogen) atoms. The van der Waals surface area contributed by atoms with Crippen molar-refractivity contribution in [3.63, 3.8) is 0 Å². The molecule has 0 aliphatic heterocycles. The zero-order valence-corrected chi connectivity index (χ0v) is 8.28. The first-order valence-corrected chi connectivity index (χ1v) is 4.29. The van der Waals surface area contributed by atoms with Gasteiger partial charge in [-0.05, 0) is 19.1 Å². The molecule has 1 aromatic carbocycles. The van der Waals surface area contributed by atoms with Crippen molar-refractivity contribution in [2.45, 2.75) is 6.92 Å². The Hall–Kier alpha value is -1.55. The van der Waals surface area contributed by atoms with E-state index >= 15 is 0 Å². The summed E-state index contributed by atoms with van der Waals surface area (Å²) in [6.45, 7) is 1.51. The smallest absolute Gasteiger partial charge is 0.297 e. The second-order valence-electron chi connectivity index (χ2n) is 2.46. The first kappa shape index (κ1) is 10.5. The van der Waals surface area contributed by atoms with Crippen LogP contribution >= 0.6 is 11.6 Å². The van der Waals surface area contributed by atoms with Crippen LogP contribution in [0.25, 0.3) is 0 Å². The lowest BCUT2D eigenvalue weighted by Crippen LogP contribution is -2.10. The fourth-order valence-electron chi connectivity index (χ4n) is 0.767. The topological polar surface area (TPSA) is 50.7 Å². The van der Waals surface area contributed by atoms with Gasteiger partial charge in [0.25, 0.3) is 0 Å². The van der Waals surface area contributed by atoms with E-state index in [1.807, 2.05) is 6.07 Å². The molecule has 0 aliphatic carbocycles. The Morgan fingerprint density at radius 3 is 2.64 bits per heavy atom. The largest absolute Gasteiger partial charge is 0.437 e. The number of amides is 1. The molecule has 0 unspecified atom stereocenters. The number of benzene rings is 1. The van der Waals surface area contributed by atoms with Gasteiger partial charge in [-0.1, -0.05) is 35.0 Å². The van der Waals surface area contributed by atoms with Crippen molar-refractivity contribution < 1.29 is 9.63 Å². The standard InChI is InChI=1S/C9H9ClN2O2/c1-7(10)12-14-9(13)11-8-5-3-2-4-6-8/h2-6H,1H3,(H,11,13). The van der Waals surface area contributed by atoms with Crippen LogP contribution in [0.5, 0.6) is 0 Å². The number of hydrogen-bond donors (Lipinski definition) is 1. The summed E-state index contributed by atoms with van der Waals surface area (Å²) in [6, 6.07) is 8.91. The monoisotopic (exact) mass is 212 g/mol. The van der Waals surface area contributed by atoms with Crippen LogP contribution in [-0.2, 0) is 4.84 Å². The normalized spacial score (nSPS) is 10.9. The van der Waals surface area contributed by atoms with Gasteiger partial charge < -0.3 is 0 Å². The van der Waals surface area contributed by atoms with E-state index in [-0.39, 0.29) is 5.17 Å². The van der Waals surface area contributed by atoms with Gasteiger partial charge in [-0.25, -0.2) is 4.79 Å². The maximum atomic E-state index is 11.0. The van der Waals surface area contributed by atoms with E-state index in [1.54, 1.807) is 24.3 Å². The summed E-state index contributed by atoms with van der Waals surface area (Å²) in [6.07, 6.45) is -0.670. The second kappa shape index (κ2) is 5.24. The summed E-state index contributed by atoms with van der Waals surface area (Å²) >= 11 is 5.37. The molecule has 4 nitrogen and oxygen atoms in total. The Morgan fingerprint density at radius 1 is 1.43 bits per heavy atom. The molecule has 0 radical (unpaired) electrons. The number of halogens is 1. The predicted octanol–water partition coefficient (Wildman–Crippen LogP) is 2.81. The lowest BCUT2D eigenvalue weighted by Gasteiger charge is -2.01. The molecule has 1 aromatic rings. The van der Waals surface area contributed by atoms with Gasteiger partial charge in [0, 0.05) is 5.69 Å². The summed E-state index contributed by atoms with van der Waals surface area (Å²) in [4.78, 5) is 15.4. The third-order valence-corrected chi connectivity index (χ3v) is 1.34. The number of para-hydroxylation sites is 1. The van der Waals surface area contributed by atoms with E-state index in [2.05, 4.69) is 15.3 Å². The Kier molecular flexibility index (Phi) is 3.94. The lowest BCUT2D eigenvalue weighted by molar-refractivity contribution is 0.167. The van der Waals surface area contributed by atoms with Crippen LogP contribution in [0, 0.1) is 0 Å². The van der Waals surface area contributed by atoms with Gasteiger partial charge in [-0.2, -0.15) is 0 Å². The number of carbonyl (C=O) groups is 1. The molecule has 0 saturated carbocycles. The Bertz CT molecular complexity index is 334. The van der Waals surface area contributed by atoms with Gasteiger partial charge in [0.05, 0.1) is 0 Å². The molecule has 1 rings (SSSR count). The molecule has 0 atom stereocenters. The first-order valence-electron chi connectivity index (χ1n) is 3.91. The highest BCUT2D eigenvalue weighted by Crippen LogP contribution is 2.05. The molecule has 0 heterocycles. The number of oxime groups is 1. The van der Waals surface area contributed by atoms with Crippen LogP contribution in [0.4, 0.5) is 10.5 Å². The highest BCUT2D eigenvalue weighted by atomic mass is 35.5. The van der Waals surface area contributed by atoms with E-state index in [1.165, 1.54) is 6.92 Å². The molecule has 0 fully saturated rings. The zero-order valence-electron chi connectivity index (χ0n) is 7.53. The van der Waals surface area contributed by atoms with Gasteiger partial charge in [0.15, 0.2) is 0 Å². The fourth-order valence-corrected chi connectivity index (χ4v) is 0.801. The van der Waals surface area contributed by atoms with Crippen LogP contribution in [0.15, 0.2) is 35.5 Å². The highest BCUT2D eigenvalue weighted by molar-refractivity contribution is 6.64. The van der Waals surface area contributed by atoms with Crippen molar-refractivity contribution in [2.24, 2.45) is 5.16 Å². The van der Waals surface area contributed by atoms with Gasteiger partial charge in [-0.15, -0.1) is 0 Å². The quantitative estimate of drug-likeness (QED) is 0.466. The summed E-state index contributed by atoms with van der Waals surface area (Å²) in [5.41, 5.74) is 0.639. The van der Waals surface area contributed by atoms with E-state index in [9.17, 15) is 4.79 Å². The molecule has 74 valence electrons. The Balaban J connectivity index is 2.46. The third kappa shape index (κ3) is 3.91. The molecule has 1 amide bonds. The second-order valence-corrected chi connectivity index (χ2v) is 3.01. The molecule has 5 heteroatoms. The molecule has 0 spiro atoms. The van der Waals surface area contributed by atoms with Crippen molar-refractivity contribution in [2.75, 3.05) is 5.32 Å². The van der Waals surface area contributed by atoms with E-state index in [4.69, 9.17) is 11.6 Å². The summed E-state index contributed by atoms with van der Waals surface area (Å²) in [5, 5.41) is 5.92. The molecule has 0 aliphatic rings. The Labute approximate surface area is 86.5 Å². The SMILES string of the molecule is CC(Cl)=NOC(=O)Nc1ccccc1.